The van der Waals surface area contributed by atoms with Crippen molar-refractivity contribution in [2.75, 3.05) is 6.54 Å². The smallest absolute Gasteiger partial charge is 0.305 e. The van der Waals surface area contributed by atoms with Crippen LogP contribution in [0.15, 0.2) is 0 Å². The highest BCUT2D eigenvalue weighted by atomic mass is 16.4. The van der Waals surface area contributed by atoms with Crippen molar-refractivity contribution in [3.8, 4) is 0 Å². The number of carboxylic acid groups (broad SMARTS) is 1. The summed E-state index contributed by atoms with van der Waals surface area (Å²) >= 11 is 0. The Balaban J connectivity index is 4.02. The van der Waals surface area contributed by atoms with Gasteiger partial charge >= 0.3 is 5.97 Å². The molecule has 0 rings (SSSR count). The molecule has 4 nitrogen and oxygen atoms in total. The molecule has 0 spiro atoms. The van der Waals surface area contributed by atoms with Gasteiger partial charge in [0.2, 0.25) is 5.91 Å². The highest BCUT2D eigenvalue weighted by Crippen LogP contribution is 2.08. The molecule has 100 valence electrons. The molecule has 0 saturated heterocycles. The minimum atomic E-state index is -0.852. The Morgan fingerprint density at radius 2 is 1.76 bits per heavy atom. The number of rotatable bonds is 9. The van der Waals surface area contributed by atoms with Crippen LogP contribution in [0.25, 0.3) is 0 Å². The molecule has 1 N–H and O–H groups in total. The number of amides is 1. The molecule has 0 heterocycles. The van der Waals surface area contributed by atoms with Crippen LogP contribution in [0.3, 0.4) is 0 Å². The molecule has 0 aromatic heterocycles. The van der Waals surface area contributed by atoms with Gasteiger partial charge < -0.3 is 10.0 Å². The highest BCUT2D eigenvalue weighted by molar-refractivity contribution is 5.77. The number of aliphatic carboxylic acids is 1. The van der Waals surface area contributed by atoms with E-state index in [0.717, 1.165) is 25.7 Å². The number of unbranched alkanes of at least 4 members (excludes halogenated alkanes) is 3. The lowest BCUT2D eigenvalue weighted by molar-refractivity contribution is -0.139. The fourth-order valence-electron chi connectivity index (χ4n) is 1.73. The van der Waals surface area contributed by atoms with E-state index in [0.29, 0.717) is 13.0 Å². The number of nitrogens with zero attached hydrogens (tertiary/aromatic N) is 1. The molecule has 0 atom stereocenters. The lowest BCUT2D eigenvalue weighted by Crippen LogP contribution is -2.38. The van der Waals surface area contributed by atoms with Gasteiger partial charge in [0.05, 0.1) is 6.42 Å². The Morgan fingerprint density at radius 1 is 1.12 bits per heavy atom. The molecule has 1 amide bonds. The molecule has 0 aliphatic carbocycles. The molecule has 0 aromatic rings. The van der Waals surface area contributed by atoms with Gasteiger partial charge in [-0.25, -0.2) is 0 Å². The molecule has 0 aliphatic rings. The van der Waals surface area contributed by atoms with Crippen molar-refractivity contribution in [2.24, 2.45) is 0 Å². The fraction of sp³-hybridized carbons (Fsp3) is 0.846. The summed E-state index contributed by atoms with van der Waals surface area (Å²) in [7, 11) is 0. The number of carbonyl (C=O) groups excluding carboxylic acids is 1. The molecule has 0 radical (unpaired) electrons. The van der Waals surface area contributed by atoms with E-state index in [-0.39, 0.29) is 18.4 Å². The molecule has 0 saturated carbocycles. The first kappa shape index (κ1) is 15.9. The van der Waals surface area contributed by atoms with Gasteiger partial charge in [0.1, 0.15) is 0 Å². The van der Waals surface area contributed by atoms with Crippen molar-refractivity contribution in [1.82, 2.24) is 4.90 Å². The summed E-state index contributed by atoms with van der Waals surface area (Å²) < 4.78 is 0. The first-order valence-electron chi connectivity index (χ1n) is 6.50. The molecule has 0 fully saturated rings. The first-order valence-corrected chi connectivity index (χ1v) is 6.50. The van der Waals surface area contributed by atoms with Crippen molar-refractivity contribution < 1.29 is 14.7 Å². The first-order chi connectivity index (χ1) is 7.99. The fourth-order valence-corrected chi connectivity index (χ4v) is 1.73. The van der Waals surface area contributed by atoms with Gasteiger partial charge in [-0.15, -0.1) is 0 Å². The summed E-state index contributed by atoms with van der Waals surface area (Å²) in [4.78, 5) is 24.1. The Kier molecular flexibility index (Phi) is 8.46. The Bertz CT molecular complexity index is 239. The van der Waals surface area contributed by atoms with Crippen molar-refractivity contribution in [3.05, 3.63) is 0 Å². The van der Waals surface area contributed by atoms with Crippen LogP contribution in [0.4, 0.5) is 0 Å². The van der Waals surface area contributed by atoms with E-state index in [1.54, 1.807) is 4.90 Å². The zero-order chi connectivity index (χ0) is 13.3. The summed E-state index contributed by atoms with van der Waals surface area (Å²) in [5.41, 5.74) is 0. The quantitative estimate of drug-likeness (QED) is 0.633. The predicted molar refractivity (Wildman–Crippen MR) is 67.9 cm³/mol. The van der Waals surface area contributed by atoms with Gasteiger partial charge in [-0.3, -0.25) is 9.59 Å². The van der Waals surface area contributed by atoms with Crippen LogP contribution in [-0.4, -0.2) is 34.5 Å². The van der Waals surface area contributed by atoms with Crippen LogP contribution in [0, 0.1) is 0 Å². The van der Waals surface area contributed by atoms with Crippen LogP contribution in [-0.2, 0) is 9.59 Å². The molecule has 4 heteroatoms. The standard InChI is InChI=1S/C13H25NO3/c1-4-5-6-7-8-12(15)14(11(2)3)10-9-13(16)17/h11H,4-10H2,1-3H3,(H,16,17). The van der Waals surface area contributed by atoms with Crippen molar-refractivity contribution in [2.45, 2.75) is 65.3 Å². The molecule has 0 unspecified atom stereocenters. The highest BCUT2D eigenvalue weighted by Gasteiger charge is 2.17. The summed E-state index contributed by atoms with van der Waals surface area (Å²) in [6.45, 7) is 6.30. The molecule has 17 heavy (non-hydrogen) atoms. The summed E-state index contributed by atoms with van der Waals surface area (Å²) in [6.07, 6.45) is 4.86. The second-order valence-corrected chi connectivity index (χ2v) is 4.64. The van der Waals surface area contributed by atoms with E-state index in [1.807, 2.05) is 13.8 Å². The van der Waals surface area contributed by atoms with E-state index in [9.17, 15) is 9.59 Å². The molecule has 0 aromatic carbocycles. The summed E-state index contributed by atoms with van der Waals surface area (Å²) in [5, 5.41) is 8.63. The number of hydrogen-bond donors (Lipinski definition) is 1. The zero-order valence-electron chi connectivity index (χ0n) is 11.2. The SMILES string of the molecule is CCCCCCC(=O)N(CCC(=O)O)C(C)C. The maximum atomic E-state index is 11.9. The van der Waals surface area contributed by atoms with Crippen LogP contribution in [0.1, 0.15) is 59.3 Å². The third-order valence-electron chi connectivity index (χ3n) is 2.75. The molecule has 0 bridgehead atoms. The van der Waals surface area contributed by atoms with E-state index in [4.69, 9.17) is 5.11 Å². The topological polar surface area (TPSA) is 57.6 Å². The van der Waals surface area contributed by atoms with Crippen LogP contribution in [0.5, 0.6) is 0 Å². The van der Waals surface area contributed by atoms with E-state index < -0.39 is 5.97 Å². The normalized spacial score (nSPS) is 10.6. The lowest BCUT2D eigenvalue weighted by atomic mass is 10.1. The molecular weight excluding hydrogens is 218 g/mol. The monoisotopic (exact) mass is 243 g/mol. The maximum Gasteiger partial charge on any atom is 0.305 e. The predicted octanol–water partition coefficient (Wildman–Crippen LogP) is 2.67. The van der Waals surface area contributed by atoms with Crippen LogP contribution >= 0.6 is 0 Å². The second kappa shape index (κ2) is 9.02. The Hall–Kier alpha value is -1.06. The average molecular weight is 243 g/mol. The number of hydrogen-bond acceptors (Lipinski definition) is 2. The van der Waals surface area contributed by atoms with E-state index >= 15 is 0 Å². The van der Waals surface area contributed by atoms with Crippen molar-refractivity contribution in [1.29, 1.82) is 0 Å². The van der Waals surface area contributed by atoms with Crippen molar-refractivity contribution >= 4 is 11.9 Å². The van der Waals surface area contributed by atoms with E-state index in [2.05, 4.69) is 6.92 Å². The third-order valence-corrected chi connectivity index (χ3v) is 2.75. The second-order valence-electron chi connectivity index (χ2n) is 4.64. The largest absolute Gasteiger partial charge is 0.481 e. The van der Waals surface area contributed by atoms with Gasteiger partial charge in [-0.1, -0.05) is 26.2 Å². The number of carbonyl (C=O) groups is 2. The summed E-state index contributed by atoms with van der Waals surface area (Å²) in [5.74, 6) is -0.771. The minimum absolute atomic E-state index is 0.0267. The third kappa shape index (κ3) is 7.77. The van der Waals surface area contributed by atoms with Gasteiger partial charge in [0, 0.05) is 19.0 Å². The van der Waals surface area contributed by atoms with Gasteiger partial charge in [0.25, 0.3) is 0 Å². The van der Waals surface area contributed by atoms with Gasteiger partial charge in [-0.2, -0.15) is 0 Å². The molecular formula is C13H25NO3. The van der Waals surface area contributed by atoms with Crippen LogP contribution in [0.2, 0.25) is 0 Å². The summed E-state index contributed by atoms with van der Waals surface area (Å²) in [6, 6.07) is 0.0769. The minimum Gasteiger partial charge on any atom is -0.481 e. The van der Waals surface area contributed by atoms with Gasteiger partial charge in [-0.05, 0) is 20.3 Å². The van der Waals surface area contributed by atoms with Crippen molar-refractivity contribution in [3.63, 3.8) is 0 Å². The molecule has 0 aliphatic heterocycles. The zero-order valence-corrected chi connectivity index (χ0v) is 11.2. The Labute approximate surface area is 104 Å². The van der Waals surface area contributed by atoms with Gasteiger partial charge in [0.15, 0.2) is 0 Å². The Morgan fingerprint density at radius 3 is 2.24 bits per heavy atom. The lowest BCUT2D eigenvalue weighted by Gasteiger charge is -2.26. The maximum absolute atomic E-state index is 11.9. The number of carboxylic acids is 1. The average Bonchev–Trinajstić information content (AvgIpc) is 2.23. The van der Waals surface area contributed by atoms with E-state index in [1.165, 1.54) is 0 Å². The van der Waals surface area contributed by atoms with Crippen LogP contribution < -0.4 is 0 Å².